The molecule has 3 rings (SSSR count). The first kappa shape index (κ1) is 10.8. The van der Waals surface area contributed by atoms with E-state index in [0.717, 1.165) is 6.54 Å². The summed E-state index contributed by atoms with van der Waals surface area (Å²) in [5, 5.41) is 1.37. The number of benzene rings is 1. The Bertz CT molecular complexity index is 507. The number of hydrogen-bond acceptors (Lipinski definition) is 1. The summed E-state index contributed by atoms with van der Waals surface area (Å²) in [7, 11) is 0. The van der Waals surface area contributed by atoms with Crippen LogP contribution in [0.2, 0.25) is 0 Å². The minimum atomic E-state index is 1.08. The number of nitrogens with one attached hydrogen (secondary N) is 1. The summed E-state index contributed by atoms with van der Waals surface area (Å²) >= 11 is 0. The molecule has 0 spiro atoms. The van der Waals surface area contributed by atoms with Gasteiger partial charge in [-0.05, 0) is 50.6 Å². The van der Waals surface area contributed by atoms with Crippen LogP contribution < -0.4 is 0 Å². The average Bonchev–Trinajstić information content (AvgIpc) is 2.74. The van der Waals surface area contributed by atoms with Gasteiger partial charge >= 0.3 is 0 Å². The molecule has 2 heteroatoms. The first-order valence-electron chi connectivity index (χ1n) is 6.62. The molecule has 0 atom stereocenters. The van der Waals surface area contributed by atoms with E-state index in [2.05, 4.69) is 41.1 Å². The van der Waals surface area contributed by atoms with Gasteiger partial charge in [-0.1, -0.05) is 18.6 Å². The maximum Gasteiger partial charge on any atom is 0.0459 e. The van der Waals surface area contributed by atoms with Gasteiger partial charge in [0.15, 0.2) is 0 Å². The Morgan fingerprint density at radius 1 is 1.18 bits per heavy atom. The van der Waals surface area contributed by atoms with Crippen LogP contribution in [0.3, 0.4) is 0 Å². The zero-order chi connectivity index (χ0) is 11.7. The molecule has 0 bridgehead atoms. The smallest absolute Gasteiger partial charge is 0.0459 e. The Hall–Kier alpha value is -1.28. The molecule has 1 N–H and O–H groups in total. The van der Waals surface area contributed by atoms with Crippen molar-refractivity contribution in [2.75, 3.05) is 13.1 Å². The maximum absolute atomic E-state index is 3.54. The molecule has 90 valence electrons. The summed E-state index contributed by atoms with van der Waals surface area (Å²) in [5.41, 5.74) is 4.00. The van der Waals surface area contributed by atoms with Gasteiger partial charge in [0.25, 0.3) is 0 Å². The third-order valence-electron chi connectivity index (χ3n) is 3.78. The van der Waals surface area contributed by atoms with Crippen molar-refractivity contribution in [3.63, 3.8) is 0 Å². The Labute approximate surface area is 103 Å². The number of aryl methyl sites for hydroxylation is 1. The molecular weight excluding hydrogens is 208 g/mol. The lowest BCUT2D eigenvalue weighted by atomic mass is 10.1. The van der Waals surface area contributed by atoms with Crippen molar-refractivity contribution in [2.45, 2.75) is 32.7 Å². The molecule has 1 saturated heterocycles. The number of H-pyrrole nitrogens is 1. The monoisotopic (exact) mass is 228 g/mol. The highest BCUT2D eigenvalue weighted by Gasteiger charge is 2.11. The van der Waals surface area contributed by atoms with E-state index in [4.69, 9.17) is 0 Å². The van der Waals surface area contributed by atoms with Gasteiger partial charge in [0.2, 0.25) is 0 Å². The standard InChI is InChI=1S/C15H20N2/c1-12-6-5-7-15-14(12)10-13(16-15)11-17-8-3-2-4-9-17/h5-7,10,16H,2-4,8-9,11H2,1H3. The second kappa shape index (κ2) is 4.53. The van der Waals surface area contributed by atoms with Crippen molar-refractivity contribution in [1.82, 2.24) is 9.88 Å². The molecule has 2 nitrogen and oxygen atoms in total. The zero-order valence-corrected chi connectivity index (χ0v) is 10.5. The molecule has 2 aromatic rings. The predicted octanol–water partition coefficient (Wildman–Crippen LogP) is 3.46. The summed E-state index contributed by atoms with van der Waals surface area (Å²) < 4.78 is 0. The molecule has 0 saturated carbocycles. The SMILES string of the molecule is Cc1cccc2[nH]c(CN3CCCCC3)cc12. The fourth-order valence-electron chi connectivity index (χ4n) is 2.81. The molecule has 2 heterocycles. The molecule has 0 radical (unpaired) electrons. The van der Waals surface area contributed by atoms with Gasteiger partial charge in [-0.2, -0.15) is 0 Å². The van der Waals surface area contributed by atoms with Crippen LogP contribution in [0.5, 0.6) is 0 Å². The van der Waals surface area contributed by atoms with Gasteiger partial charge in [-0.25, -0.2) is 0 Å². The van der Waals surface area contributed by atoms with Gasteiger partial charge in [-0.15, -0.1) is 0 Å². The number of aromatic amines is 1. The third kappa shape index (κ3) is 2.22. The van der Waals surface area contributed by atoms with E-state index in [1.54, 1.807) is 0 Å². The Kier molecular flexibility index (Phi) is 2.89. The summed E-state index contributed by atoms with van der Waals surface area (Å²) in [4.78, 5) is 6.10. The van der Waals surface area contributed by atoms with Crippen LogP contribution in [-0.2, 0) is 6.54 Å². The molecule has 17 heavy (non-hydrogen) atoms. The first-order valence-corrected chi connectivity index (χ1v) is 6.62. The predicted molar refractivity (Wildman–Crippen MR) is 72.2 cm³/mol. The van der Waals surface area contributed by atoms with Crippen LogP contribution in [0.4, 0.5) is 0 Å². The van der Waals surface area contributed by atoms with Crippen molar-refractivity contribution in [1.29, 1.82) is 0 Å². The van der Waals surface area contributed by atoms with Crippen LogP contribution in [0.25, 0.3) is 10.9 Å². The van der Waals surface area contributed by atoms with Gasteiger partial charge in [0, 0.05) is 23.1 Å². The Morgan fingerprint density at radius 2 is 2.00 bits per heavy atom. The third-order valence-corrected chi connectivity index (χ3v) is 3.78. The maximum atomic E-state index is 3.54. The molecule has 0 aliphatic carbocycles. The van der Waals surface area contributed by atoms with E-state index in [-0.39, 0.29) is 0 Å². The number of fused-ring (bicyclic) bond motifs is 1. The van der Waals surface area contributed by atoms with Crippen molar-refractivity contribution in [3.8, 4) is 0 Å². The molecule has 0 amide bonds. The summed E-state index contributed by atoms with van der Waals surface area (Å²) in [5.74, 6) is 0. The highest BCUT2D eigenvalue weighted by atomic mass is 15.1. The Balaban J connectivity index is 1.83. The Morgan fingerprint density at radius 3 is 2.76 bits per heavy atom. The minimum Gasteiger partial charge on any atom is -0.357 e. The molecule has 0 unspecified atom stereocenters. The van der Waals surface area contributed by atoms with Gasteiger partial charge in [-0.3, -0.25) is 4.90 Å². The van der Waals surface area contributed by atoms with Crippen molar-refractivity contribution in [2.24, 2.45) is 0 Å². The number of hydrogen-bond donors (Lipinski definition) is 1. The van der Waals surface area contributed by atoms with E-state index < -0.39 is 0 Å². The van der Waals surface area contributed by atoms with Crippen LogP contribution >= 0.6 is 0 Å². The van der Waals surface area contributed by atoms with E-state index in [9.17, 15) is 0 Å². The molecule has 1 aromatic carbocycles. The summed E-state index contributed by atoms with van der Waals surface area (Å²) in [6, 6.07) is 8.79. The van der Waals surface area contributed by atoms with Crippen LogP contribution in [-0.4, -0.2) is 23.0 Å². The van der Waals surface area contributed by atoms with Crippen molar-refractivity contribution in [3.05, 3.63) is 35.5 Å². The molecular formula is C15H20N2. The highest BCUT2D eigenvalue weighted by molar-refractivity contribution is 5.83. The lowest BCUT2D eigenvalue weighted by Crippen LogP contribution is -2.29. The van der Waals surface area contributed by atoms with E-state index in [1.807, 2.05) is 0 Å². The largest absolute Gasteiger partial charge is 0.357 e. The summed E-state index contributed by atoms with van der Waals surface area (Å²) in [6.45, 7) is 5.78. The highest BCUT2D eigenvalue weighted by Crippen LogP contribution is 2.21. The van der Waals surface area contributed by atoms with Gasteiger partial charge < -0.3 is 4.98 Å². The van der Waals surface area contributed by atoms with E-state index >= 15 is 0 Å². The molecule has 1 aliphatic heterocycles. The fraction of sp³-hybridized carbons (Fsp3) is 0.467. The van der Waals surface area contributed by atoms with Crippen LogP contribution in [0.15, 0.2) is 24.3 Å². The van der Waals surface area contributed by atoms with E-state index in [1.165, 1.54) is 54.5 Å². The van der Waals surface area contributed by atoms with Gasteiger partial charge in [0.1, 0.15) is 0 Å². The molecule has 1 aliphatic rings. The number of rotatable bonds is 2. The minimum absolute atomic E-state index is 1.08. The van der Waals surface area contributed by atoms with E-state index in [0.29, 0.717) is 0 Å². The normalized spacial score (nSPS) is 17.7. The zero-order valence-electron chi connectivity index (χ0n) is 10.5. The fourth-order valence-corrected chi connectivity index (χ4v) is 2.81. The van der Waals surface area contributed by atoms with Crippen LogP contribution in [0, 0.1) is 6.92 Å². The first-order chi connectivity index (χ1) is 8.33. The topological polar surface area (TPSA) is 19.0 Å². The lowest BCUT2D eigenvalue weighted by Gasteiger charge is -2.25. The second-order valence-corrected chi connectivity index (χ2v) is 5.17. The second-order valence-electron chi connectivity index (χ2n) is 5.17. The molecule has 1 fully saturated rings. The van der Waals surface area contributed by atoms with Crippen molar-refractivity contribution < 1.29 is 0 Å². The average molecular weight is 228 g/mol. The molecule has 1 aromatic heterocycles. The number of piperidine rings is 1. The van der Waals surface area contributed by atoms with Crippen LogP contribution in [0.1, 0.15) is 30.5 Å². The summed E-state index contributed by atoms with van der Waals surface area (Å²) in [6.07, 6.45) is 4.13. The number of nitrogens with zero attached hydrogens (tertiary/aromatic N) is 1. The number of likely N-dealkylation sites (tertiary alicyclic amines) is 1. The number of aromatic nitrogens is 1. The van der Waals surface area contributed by atoms with Crippen molar-refractivity contribution >= 4 is 10.9 Å². The lowest BCUT2D eigenvalue weighted by molar-refractivity contribution is 0.219. The van der Waals surface area contributed by atoms with Gasteiger partial charge in [0.05, 0.1) is 0 Å². The quantitative estimate of drug-likeness (QED) is 0.834.